The first-order valence-electron chi connectivity index (χ1n) is 7.27. The molecule has 2 aliphatic rings. The zero-order chi connectivity index (χ0) is 13.4. The van der Waals surface area contributed by atoms with Crippen molar-refractivity contribution in [3.63, 3.8) is 0 Å². The molecule has 1 aromatic rings. The summed E-state index contributed by atoms with van der Waals surface area (Å²) in [7, 11) is 0. The van der Waals surface area contributed by atoms with Crippen LogP contribution in [-0.4, -0.2) is 23.7 Å². The molecule has 1 saturated carbocycles. The van der Waals surface area contributed by atoms with Crippen molar-refractivity contribution >= 4 is 11.7 Å². The van der Waals surface area contributed by atoms with E-state index in [9.17, 15) is 4.79 Å². The van der Waals surface area contributed by atoms with Crippen molar-refractivity contribution in [2.75, 3.05) is 11.4 Å². The summed E-state index contributed by atoms with van der Waals surface area (Å²) in [5.41, 5.74) is 3.98. The first kappa shape index (κ1) is 12.5. The van der Waals surface area contributed by atoms with E-state index in [2.05, 4.69) is 23.1 Å². The molecule has 0 aromatic heterocycles. The van der Waals surface area contributed by atoms with Crippen LogP contribution in [0.1, 0.15) is 49.7 Å². The topological polar surface area (TPSA) is 40.5 Å². The molecule has 1 aliphatic heterocycles. The fourth-order valence-corrected chi connectivity index (χ4v) is 3.35. The molecule has 1 aromatic carbocycles. The summed E-state index contributed by atoms with van der Waals surface area (Å²) in [5.74, 6) is -0.619. The standard InChI is InChI=1S/C16H21NO2/c1-11(10-15(18)19)14-7-2-4-12-8-9-17(16(12)14)13-5-3-6-13/h2,4,7,11,13H,3,5-6,8-10H2,1H3,(H,18,19). The minimum absolute atomic E-state index is 0.0909. The van der Waals surface area contributed by atoms with Gasteiger partial charge < -0.3 is 10.0 Å². The van der Waals surface area contributed by atoms with Crippen LogP contribution in [0.25, 0.3) is 0 Å². The Bertz CT molecular complexity index is 494. The second-order valence-electron chi connectivity index (χ2n) is 5.88. The SMILES string of the molecule is CC(CC(=O)O)c1cccc2c1N(C1CCC1)CC2. The molecule has 1 N–H and O–H groups in total. The Kier molecular flexibility index (Phi) is 3.21. The highest BCUT2D eigenvalue weighted by atomic mass is 16.4. The van der Waals surface area contributed by atoms with Crippen LogP contribution in [0.15, 0.2) is 18.2 Å². The Hall–Kier alpha value is -1.51. The maximum absolute atomic E-state index is 11.0. The van der Waals surface area contributed by atoms with E-state index in [-0.39, 0.29) is 12.3 Å². The van der Waals surface area contributed by atoms with Gasteiger partial charge in [0.25, 0.3) is 0 Å². The summed E-state index contributed by atoms with van der Waals surface area (Å²) in [5, 5.41) is 9.01. The van der Waals surface area contributed by atoms with Crippen LogP contribution < -0.4 is 4.90 Å². The van der Waals surface area contributed by atoms with Gasteiger partial charge in [-0.15, -0.1) is 0 Å². The second kappa shape index (κ2) is 4.87. The van der Waals surface area contributed by atoms with Crippen LogP contribution in [-0.2, 0) is 11.2 Å². The highest BCUT2D eigenvalue weighted by Crippen LogP contribution is 2.41. The van der Waals surface area contributed by atoms with Gasteiger partial charge in [0.15, 0.2) is 0 Å². The average molecular weight is 259 g/mol. The summed E-state index contributed by atoms with van der Waals surface area (Å²) in [6.45, 7) is 3.14. The summed E-state index contributed by atoms with van der Waals surface area (Å²) in [4.78, 5) is 13.5. The Balaban J connectivity index is 1.93. The van der Waals surface area contributed by atoms with Crippen LogP contribution in [0, 0.1) is 0 Å². The number of hydrogen-bond donors (Lipinski definition) is 1. The van der Waals surface area contributed by atoms with Gasteiger partial charge in [-0.1, -0.05) is 25.1 Å². The minimum Gasteiger partial charge on any atom is -0.481 e. The van der Waals surface area contributed by atoms with Crippen LogP contribution in [0.4, 0.5) is 5.69 Å². The van der Waals surface area contributed by atoms with Gasteiger partial charge in [0.05, 0.1) is 6.42 Å². The average Bonchev–Trinajstić information content (AvgIpc) is 2.70. The van der Waals surface area contributed by atoms with Gasteiger partial charge in [-0.3, -0.25) is 4.79 Å². The first-order chi connectivity index (χ1) is 9.16. The molecule has 0 bridgehead atoms. The number of rotatable bonds is 4. The third kappa shape index (κ3) is 2.22. The predicted molar refractivity (Wildman–Crippen MR) is 75.8 cm³/mol. The minimum atomic E-state index is -0.710. The molecule has 0 radical (unpaired) electrons. The lowest BCUT2D eigenvalue weighted by atomic mass is 9.89. The highest BCUT2D eigenvalue weighted by Gasteiger charge is 2.32. The van der Waals surface area contributed by atoms with Crippen molar-refractivity contribution in [1.82, 2.24) is 0 Å². The van der Waals surface area contributed by atoms with Crippen LogP contribution in [0.2, 0.25) is 0 Å². The van der Waals surface area contributed by atoms with E-state index in [4.69, 9.17) is 5.11 Å². The Morgan fingerprint density at radius 2 is 2.26 bits per heavy atom. The quantitative estimate of drug-likeness (QED) is 0.902. The number of benzene rings is 1. The summed E-state index contributed by atoms with van der Waals surface area (Å²) >= 11 is 0. The molecule has 1 fully saturated rings. The van der Waals surface area contributed by atoms with E-state index in [0.717, 1.165) is 13.0 Å². The molecule has 19 heavy (non-hydrogen) atoms. The number of carboxylic acid groups (broad SMARTS) is 1. The molecule has 1 heterocycles. The zero-order valence-electron chi connectivity index (χ0n) is 11.4. The van der Waals surface area contributed by atoms with Crippen LogP contribution in [0.3, 0.4) is 0 Å². The molecule has 3 nitrogen and oxygen atoms in total. The molecule has 0 spiro atoms. The number of para-hydroxylation sites is 1. The normalized spacial score (nSPS) is 19.9. The number of aliphatic carboxylic acids is 1. The number of anilines is 1. The van der Waals surface area contributed by atoms with E-state index in [0.29, 0.717) is 6.04 Å². The van der Waals surface area contributed by atoms with Gasteiger partial charge >= 0.3 is 5.97 Å². The van der Waals surface area contributed by atoms with Crippen LogP contribution >= 0.6 is 0 Å². The second-order valence-corrected chi connectivity index (χ2v) is 5.88. The number of hydrogen-bond acceptors (Lipinski definition) is 2. The fourth-order valence-electron chi connectivity index (χ4n) is 3.35. The lowest BCUT2D eigenvalue weighted by Gasteiger charge is -2.38. The number of carboxylic acids is 1. The largest absolute Gasteiger partial charge is 0.481 e. The van der Waals surface area contributed by atoms with E-state index in [1.165, 1.54) is 36.1 Å². The molecular formula is C16H21NO2. The van der Waals surface area contributed by atoms with E-state index < -0.39 is 5.97 Å². The number of carbonyl (C=O) groups is 1. The van der Waals surface area contributed by atoms with Gasteiger partial charge in [0.2, 0.25) is 0 Å². The van der Waals surface area contributed by atoms with Gasteiger partial charge in [0.1, 0.15) is 0 Å². The zero-order valence-corrected chi connectivity index (χ0v) is 11.4. The molecule has 3 rings (SSSR count). The molecule has 102 valence electrons. The van der Waals surface area contributed by atoms with Gasteiger partial charge in [0, 0.05) is 18.3 Å². The first-order valence-corrected chi connectivity index (χ1v) is 7.27. The predicted octanol–water partition coefficient (Wildman–Crippen LogP) is 3.18. The summed E-state index contributed by atoms with van der Waals surface area (Å²) in [6, 6.07) is 7.09. The Labute approximate surface area is 114 Å². The molecule has 0 amide bonds. The van der Waals surface area contributed by atoms with Crippen molar-refractivity contribution in [1.29, 1.82) is 0 Å². The monoisotopic (exact) mass is 259 g/mol. The lowest BCUT2D eigenvalue weighted by Crippen LogP contribution is -2.39. The van der Waals surface area contributed by atoms with E-state index in [1.807, 2.05) is 6.92 Å². The van der Waals surface area contributed by atoms with Crippen LogP contribution in [0.5, 0.6) is 0 Å². The van der Waals surface area contributed by atoms with Crippen molar-refractivity contribution in [2.45, 2.75) is 51.0 Å². The molecule has 1 aliphatic carbocycles. The lowest BCUT2D eigenvalue weighted by molar-refractivity contribution is -0.137. The van der Waals surface area contributed by atoms with E-state index in [1.54, 1.807) is 0 Å². The van der Waals surface area contributed by atoms with Gasteiger partial charge in [-0.2, -0.15) is 0 Å². The highest BCUT2D eigenvalue weighted by molar-refractivity contribution is 5.71. The number of fused-ring (bicyclic) bond motifs is 1. The maximum atomic E-state index is 11.0. The molecule has 3 heteroatoms. The third-order valence-corrected chi connectivity index (χ3v) is 4.59. The van der Waals surface area contributed by atoms with Gasteiger partial charge in [-0.05, 0) is 42.7 Å². The van der Waals surface area contributed by atoms with Crippen molar-refractivity contribution in [3.8, 4) is 0 Å². The Morgan fingerprint density at radius 3 is 2.89 bits per heavy atom. The number of nitrogens with zero attached hydrogens (tertiary/aromatic N) is 1. The van der Waals surface area contributed by atoms with E-state index >= 15 is 0 Å². The molecular weight excluding hydrogens is 238 g/mol. The van der Waals surface area contributed by atoms with Gasteiger partial charge in [-0.25, -0.2) is 0 Å². The Morgan fingerprint density at radius 1 is 1.47 bits per heavy atom. The van der Waals surface area contributed by atoms with Crippen molar-refractivity contribution < 1.29 is 9.90 Å². The smallest absolute Gasteiger partial charge is 0.303 e. The molecule has 1 atom stereocenters. The fraction of sp³-hybridized carbons (Fsp3) is 0.562. The third-order valence-electron chi connectivity index (χ3n) is 4.59. The summed E-state index contributed by atoms with van der Waals surface area (Å²) in [6.07, 6.45) is 5.25. The summed E-state index contributed by atoms with van der Waals surface area (Å²) < 4.78 is 0. The van der Waals surface area contributed by atoms with Crippen molar-refractivity contribution in [2.24, 2.45) is 0 Å². The molecule has 1 unspecified atom stereocenters. The molecule has 0 saturated heterocycles. The van der Waals surface area contributed by atoms with Crippen molar-refractivity contribution in [3.05, 3.63) is 29.3 Å². The maximum Gasteiger partial charge on any atom is 0.303 e.